The second kappa shape index (κ2) is 17.5. The highest BCUT2D eigenvalue weighted by Crippen LogP contribution is 2.48. The van der Waals surface area contributed by atoms with Crippen molar-refractivity contribution in [1.29, 1.82) is 0 Å². The summed E-state index contributed by atoms with van der Waals surface area (Å²) < 4.78 is 52.5. The maximum absolute atomic E-state index is 14.9. The number of carbonyl (C=O) groups excluding carboxylic acids is 4. The topological polar surface area (TPSA) is 208 Å². The molecule has 0 bridgehead atoms. The maximum Gasteiger partial charge on any atom is 0.408 e. The maximum atomic E-state index is 14.9. The lowest BCUT2D eigenvalue weighted by Crippen LogP contribution is -2.58. The number of amides is 4. The summed E-state index contributed by atoms with van der Waals surface area (Å²) in [5.74, 6) is -1.50. The highest BCUT2D eigenvalue weighted by molar-refractivity contribution is 7.91. The highest BCUT2D eigenvalue weighted by Gasteiger charge is 2.63. The predicted molar refractivity (Wildman–Crippen MR) is 246 cm³/mol. The lowest BCUT2D eigenvalue weighted by molar-refractivity contribution is -0.141. The number of alkyl carbamates (subject to hydrolysis) is 1. The van der Waals surface area contributed by atoms with Gasteiger partial charge in [0.15, 0.2) is 17.2 Å². The first-order chi connectivity index (χ1) is 31.5. The van der Waals surface area contributed by atoms with E-state index in [4.69, 9.17) is 28.6 Å². The van der Waals surface area contributed by atoms with Crippen molar-refractivity contribution in [1.82, 2.24) is 30.2 Å². The standard InChI is InChI=1S/C49H60N6O10S/c1-47(2,3)30-22-20-29(21-23-30)41-51-38-34-17-13-19-37(62-5)39(34)65-40(38)43(52-41)63-33-26-36-42(56)53-49(45(58)54-66(60,61)48(4)24-25-48)27-31(49)14-9-7-6-8-10-18-35(44(57)55(36)28-33)50-46(59)64-32-15-11-12-16-32/h9,13-14,17,19-23,31-33,35-36H,6-8,10-12,15-16,18,24-28H2,1-5H3,(H,50,59)(H,53,56)(H,54,58)/b14-9-. The molecule has 5 atom stereocenters. The molecule has 5 aliphatic rings. The number of fused-ring (bicyclic) bond motifs is 5. The number of sulfonamides is 1. The van der Waals surface area contributed by atoms with E-state index in [9.17, 15) is 27.6 Å². The van der Waals surface area contributed by atoms with Crippen LogP contribution in [0.2, 0.25) is 0 Å². The largest absolute Gasteiger partial charge is 0.493 e. The van der Waals surface area contributed by atoms with Gasteiger partial charge in [0.2, 0.25) is 27.4 Å². The molecule has 2 aliphatic heterocycles. The molecule has 4 heterocycles. The van der Waals surface area contributed by atoms with Gasteiger partial charge in [-0.3, -0.25) is 19.1 Å². The minimum absolute atomic E-state index is 0.0317. The van der Waals surface area contributed by atoms with Crippen LogP contribution in [-0.2, 0) is 34.6 Å². The molecule has 66 heavy (non-hydrogen) atoms. The molecular formula is C49H60N6O10S. The Morgan fingerprint density at radius 3 is 2.39 bits per heavy atom. The zero-order valence-corrected chi connectivity index (χ0v) is 39.1. The van der Waals surface area contributed by atoms with E-state index in [0.29, 0.717) is 60.2 Å². The second-order valence-corrected chi connectivity index (χ2v) is 22.2. The smallest absolute Gasteiger partial charge is 0.408 e. The fraction of sp³-hybridized carbons (Fsp3) is 0.551. The Bertz CT molecular complexity index is 2680. The zero-order valence-electron chi connectivity index (χ0n) is 38.3. The van der Waals surface area contributed by atoms with Gasteiger partial charge in [-0.25, -0.2) is 18.2 Å². The Morgan fingerprint density at radius 2 is 1.68 bits per heavy atom. The molecule has 2 aromatic carbocycles. The molecule has 17 heteroatoms. The summed E-state index contributed by atoms with van der Waals surface area (Å²) in [5.41, 5.74) is 1.37. The number of nitrogens with one attached hydrogen (secondary N) is 3. The SMILES string of the molecule is COc1cccc2c1oc1c(OC3CC4C(=O)NC5(C(=O)NS(=O)(=O)C6(C)CC6)CC5/C=C\CCCCCC(NC(=O)OC5CCCC5)C(=O)N4C3)nc(-c3ccc(C(C)(C)C)cc3)nc12. The highest BCUT2D eigenvalue weighted by atomic mass is 32.2. The van der Waals surface area contributed by atoms with Crippen LogP contribution in [0.1, 0.15) is 117 Å². The quantitative estimate of drug-likeness (QED) is 0.143. The van der Waals surface area contributed by atoms with Crippen molar-refractivity contribution >= 4 is 55.9 Å². The summed E-state index contributed by atoms with van der Waals surface area (Å²) in [4.78, 5) is 68.5. The summed E-state index contributed by atoms with van der Waals surface area (Å²) in [6.45, 7) is 7.91. The molecule has 2 aromatic heterocycles. The molecule has 0 radical (unpaired) electrons. The number of furan rings is 1. The Kier molecular flexibility index (Phi) is 12.1. The van der Waals surface area contributed by atoms with Gasteiger partial charge in [0.25, 0.3) is 11.8 Å². The zero-order chi connectivity index (χ0) is 46.6. The first-order valence-electron chi connectivity index (χ1n) is 23.4. The number of nitrogens with zero attached hydrogens (tertiary/aromatic N) is 3. The molecule has 3 N–H and O–H groups in total. The van der Waals surface area contributed by atoms with Gasteiger partial charge in [0.05, 0.1) is 23.8 Å². The van der Waals surface area contributed by atoms with Crippen LogP contribution in [-0.4, -0.2) is 95.3 Å². The lowest BCUT2D eigenvalue weighted by Gasteiger charge is -2.30. The van der Waals surface area contributed by atoms with Crippen molar-refractivity contribution in [2.24, 2.45) is 5.92 Å². The van der Waals surface area contributed by atoms with E-state index in [0.717, 1.165) is 49.7 Å². The number of aromatic nitrogens is 2. The van der Waals surface area contributed by atoms with Gasteiger partial charge in [-0.1, -0.05) is 76.1 Å². The minimum atomic E-state index is -4.03. The van der Waals surface area contributed by atoms with Crippen LogP contribution >= 0.6 is 0 Å². The van der Waals surface area contributed by atoms with Crippen LogP contribution in [0.4, 0.5) is 4.79 Å². The monoisotopic (exact) mass is 924 g/mol. The summed E-state index contributed by atoms with van der Waals surface area (Å²) in [6, 6.07) is 11.3. The molecule has 352 valence electrons. The van der Waals surface area contributed by atoms with Crippen LogP contribution in [0.15, 0.2) is 59.0 Å². The van der Waals surface area contributed by atoms with Crippen LogP contribution < -0.4 is 24.8 Å². The van der Waals surface area contributed by atoms with Gasteiger partial charge in [-0.05, 0) is 94.2 Å². The van der Waals surface area contributed by atoms with Crippen molar-refractivity contribution in [2.75, 3.05) is 13.7 Å². The molecule has 0 spiro atoms. The number of rotatable bonds is 9. The molecule has 4 fully saturated rings. The summed E-state index contributed by atoms with van der Waals surface area (Å²) in [7, 11) is -2.49. The van der Waals surface area contributed by atoms with E-state index in [1.165, 1.54) is 4.90 Å². The molecule has 4 amide bonds. The minimum Gasteiger partial charge on any atom is -0.493 e. The van der Waals surface area contributed by atoms with Crippen LogP contribution in [0.25, 0.3) is 33.5 Å². The van der Waals surface area contributed by atoms with E-state index in [-0.39, 0.29) is 42.4 Å². The average Bonchev–Trinajstić information content (AvgIpc) is 3.94. The van der Waals surface area contributed by atoms with Gasteiger partial charge < -0.3 is 34.2 Å². The van der Waals surface area contributed by atoms with Crippen molar-refractivity contribution in [3.8, 4) is 23.0 Å². The average molecular weight is 925 g/mol. The van der Waals surface area contributed by atoms with Crippen molar-refractivity contribution in [3.63, 3.8) is 0 Å². The lowest BCUT2D eigenvalue weighted by atomic mass is 9.87. The molecule has 9 rings (SSSR count). The number of hydrogen-bond donors (Lipinski definition) is 3. The number of allylic oxidation sites excluding steroid dienone is 1. The van der Waals surface area contributed by atoms with Gasteiger partial charge in [-0.2, -0.15) is 4.98 Å². The fourth-order valence-electron chi connectivity index (χ4n) is 9.54. The number of para-hydroxylation sites is 1. The Labute approximate surface area is 385 Å². The predicted octanol–water partition coefficient (Wildman–Crippen LogP) is 7.13. The van der Waals surface area contributed by atoms with E-state index in [1.54, 1.807) is 20.1 Å². The molecule has 4 aromatic rings. The van der Waals surface area contributed by atoms with E-state index in [2.05, 4.69) is 36.1 Å². The number of benzene rings is 2. The van der Waals surface area contributed by atoms with Crippen molar-refractivity contribution in [2.45, 2.75) is 151 Å². The van der Waals surface area contributed by atoms with Gasteiger partial charge in [0.1, 0.15) is 35.3 Å². The van der Waals surface area contributed by atoms with Crippen LogP contribution in [0.5, 0.6) is 11.6 Å². The van der Waals surface area contributed by atoms with Gasteiger partial charge in [-0.15, -0.1) is 0 Å². The Hall–Kier alpha value is -5.71. The normalized spacial score (nSPS) is 26.3. The van der Waals surface area contributed by atoms with Crippen molar-refractivity contribution < 1.29 is 46.2 Å². The number of ether oxygens (including phenoxy) is 3. The van der Waals surface area contributed by atoms with E-state index in [1.807, 2.05) is 48.6 Å². The number of methoxy groups -OCH3 is 1. The van der Waals surface area contributed by atoms with E-state index < -0.39 is 68.2 Å². The molecule has 1 saturated heterocycles. The molecule has 16 nitrogen and oxygen atoms in total. The van der Waals surface area contributed by atoms with Crippen LogP contribution in [0, 0.1) is 5.92 Å². The molecular weight excluding hydrogens is 865 g/mol. The number of carbonyl (C=O) groups is 4. The fourth-order valence-corrected chi connectivity index (χ4v) is 10.9. The first kappa shape index (κ1) is 45.4. The van der Waals surface area contributed by atoms with E-state index >= 15 is 0 Å². The third kappa shape index (κ3) is 8.94. The van der Waals surface area contributed by atoms with Crippen LogP contribution in [0.3, 0.4) is 0 Å². The Balaban J connectivity index is 1.07. The third-order valence-corrected chi connectivity index (χ3v) is 16.3. The third-order valence-electron chi connectivity index (χ3n) is 14.1. The summed E-state index contributed by atoms with van der Waals surface area (Å²) in [6.07, 6.45) is 9.59. The molecule has 5 unspecified atom stereocenters. The van der Waals surface area contributed by atoms with Crippen molar-refractivity contribution in [3.05, 3.63) is 60.2 Å². The summed E-state index contributed by atoms with van der Waals surface area (Å²) in [5, 5.41) is 6.44. The number of hydrogen-bond acceptors (Lipinski definition) is 12. The van der Waals surface area contributed by atoms with Gasteiger partial charge in [0, 0.05) is 17.9 Å². The molecule has 3 saturated carbocycles. The van der Waals surface area contributed by atoms with Gasteiger partial charge >= 0.3 is 6.09 Å². The second-order valence-electron chi connectivity index (χ2n) is 20.0. The summed E-state index contributed by atoms with van der Waals surface area (Å²) >= 11 is 0. The first-order valence-corrected chi connectivity index (χ1v) is 24.8. The Morgan fingerprint density at radius 1 is 0.939 bits per heavy atom. The molecule has 3 aliphatic carbocycles.